The number of nitro benzene ring substituents is 1. The first-order chi connectivity index (χ1) is 13.3. The van der Waals surface area contributed by atoms with Crippen LogP contribution in [0, 0.1) is 10.1 Å². The van der Waals surface area contributed by atoms with E-state index in [1.807, 2.05) is 12.1 Å². The third kappa shape index (κ3) is 4.33. The number of carbonyl (C=O) groups is 1. The molecular weight excluding hydrogens is 382 g/mol. The van der Waals surface area contributed by atoms with Crippen LogP contribution in [-0.4, -0.2) is 25.3 Å². The van der Waals surface area contributed by atoms with Crippen molar-refractivity contribution < 1.29 is 18.1 Å². The van der Waals surface area contributed by atoms with E-state index in [0.717, 1.165) is 10.8 Å². The number of nitrogens with one attached hydrogen (secondary N) is 2. The van der Waals surface area contributed by atoms with Gasteiger partial charge in [-0.3, -0.25) is 14.9 Å². The molecule has 144 valence electrons. The summed E-state index contributed by atoms with van der Waals surface area (Å²) in [6.45, 7) is 1.39. The predicted octanol–water partition coefficient (Wildman–Crippen LogP) is 3.05. The van der Waals surface area contributed by atoms with Gasteiger partial charge < -0.3 is 5.32 Å². The molecule has 0 aliphatic heterocycles. The van der Waals surface area contributed by atoms with Crippen LogP contribution in [0.3, 0.4) is 0 Å². The molecule has 0 unspecified atom stereocenters. The smallest absolute Gasteiger partial charge is 0.271 e. The summed E-state index contributed by atoms with van der Waals surface area (Å²) in [6.07, 6.45) is 0. The highest BCUT2D eigenvalue weighted by Gasteiger charge is 2.22. The molecule has 9 heteroatoms. The summed E-state index contributed by atoms with van der Waals surface area (Å²) in [7, 11) is -3.93. The summed E-state index contributed by atoms with van der Waals surface area (Å²) < 4.78 is 27.5. The van der Waals surface area contributed by atoms with Gasteiger partial charge in [-0.25, -0.2) is 8.42 Å². The lowest BCUT2D eigenvalue weighted by Crippen LogP contribution is -2.41. The fourth-order valence-electron chi connectivity index (χ4n) is 2.64. The second-order valence-electron chi connectivity index (χ2n) is 6.15. The summed E-state index contributed by atoms with van der Waals surface area (Å²) in [4.78, 5) is 22.6. The third-order valence-corrected chi connectivity index (χ3v) is 5.62. The second kappa shape index (κ2) is 7.75. The zero-order valence-corrected chi connectivity index (χ0v) is 15.6. The van der Waals surface area contributed by atoms with Gasteiger partial charge in [0.2, 0.25) is 15.9 Å². The number of amides is 1. The van der Waals surface area contributed by atoms with Gasteiger partial charge in [-0.15, -0.1) is 0 Å². The molecule has 0 saturated heterocycles. The molecule has 3 aromatic rings. The quantitative estimate of drug-likeness (QED) is 0.488. The highest BCUT2D eigenvalue weighted by molar-refractivity contribution is 7.89. The van der Waals surface area contributed by atoms with Crippen molar-refractivity contribution in [3.05, 3.63) is 76.8 Å². The van der Waals surface area contributed by atoms with E-state index in [2.05, 4.69) is 10.0 Å². The molecule has 3 rings (SSSR count). The number of benzene rings is 3. The van der Waals surface area contributed by atoms with Crippen molar-refractivity contribution in [3.8, 4) is 0 Å². The number of anilines is 1. The van der Waals surface area contributed by atoms with Gasteiger partial charge in [-0.05, 0) is 35.9 Å². The van der Waals surface area contributed by atoms with E-state index in [4.69, 9.17) is 0 Å². The number of non-ortho nitro benzene ring substituents is 1. The van der Waals surface area contributed by atoms with E-state index in [-0.39, 0.29) is 16.3 Å². The normalized spacial score (nSPS) is 12.5. The van der Waals surface area contributed by atoms with Crippen LogP contribution in [0.1, 0.15) is 6.92 Å². The SMILES string of the molecule is C[C@@H](NS(=O)(=O)c1ccc2ccccc2c1)C(=O)Nc1cccc([N+](=O)[O-])c1. The Morgan fingerprint density at radius 2 is 1.71 bits per heavy atom. The first-order valence-corrected chi connectivity index (χ1v) is 9.81. The minimum Gasteiger partial charge on any atom is -0.324 e. The topological polar surface area (TPSA) is 118 Å². The average Bonchev–Trinajstić information content (AvgIpc) is 2.67. The van der Waals surface area contributed by atoms with Gasteiger partial charge in [0, 0.05) is 17.8 Å². The number of sulfonamides is 1. The summed E-state index contributed by atoms with van der Waals surface area (Å²) in [5.41, 5.74) is 0.0261. The molecule has 0 bridgehead atoms. The minimum absolute atomic E-state index is 0.0428. The Kier molecular flexibility index (Phi) is 5.39. The van der Waals surface area contributed by atoms with Crippen molar-refractivity contribution in [2.24, 2.45) is 0 Å². The minimum atomic E-state index is -3.93. The van der Waals surface area contributed by atoms with Crippen LogP contribution in [0.4, 0.5) is 11.4 Å². The van der Waals surface area contributed by atoms with Gasteiger partial charge in [-0.1, -0.05) is 36.4 Å². The Hall–Kier alpha value is -3.30. The molecule has 0 aromatic heterocycles. The first kappa shape index (κ1) is 19.5. The van der Waals surface area contributed by atoms with Gasteiger partial charge in [0.1, 0.15) is 0 Å². The summed E-state index contributed by atoms with van der Waals surface area (Å²) >= 11 is 0. The molecule has 8 nitrogen and oxygen atoms in total. The van der Waals surface area contributed by atoms with Crippen LogP contribution in [0.5, 0.6) is 0 Å². The molecule has 1 atom stereocenters. The lowest BCUT2D eigenvalue weighted by molar-refractivity contribution is -0.384. The van der Waals surface area contributed by atoms with Crippen molar-refractivity contribution in [1.82, 2.24) is 4.72 Å². The highest BCUT2D eigenvalue weighted by atomic mass is 32.2. The Balaban J connectivity index is 1.74. The monoisotopic (exact) mass is 399 g/mol. The van der Waals surface area contributed by atoms with Crippen LogP contribution in [-0.2, 0) is 14.8 Å². The van der Waals surface area contributed by atoms with E-state index in [0.29, 0.717) is 0 Å². The molecule has 0 spiro atoms. The van der Waals surface area contributed by atoms with Gasteiger partial charge in [-0.2, -0.15) is 4.72 Å². The van der Waals surface area contributed by atoms with E-state index >= 15 is 0 Å². The summed E-state index contributed by atoms with van der Waals surface area (Å²) in [5.74, 6) is -0.634. The van der Waals surface area contributed by atoms with Crippen molar-refractivity contribution in [3.63, 3.8) is 0 Å². The van der Waals surface area contributed by atoms with Gasteiger partial charge >= 0.3 is 0 Å². The number of fused-ring (bicyclic) bond motifs is 1. The number of rotatable bonds is 6. The number of hydrogen-bond acceptors (Lipinski definition) is 5. The molecule has 3 aromatic carbocycles. The Labute approximate surface area is 161 Å². The Bertz CT molecular complexity index is 1160. The number of nitro groups is 1. The molecule has 0 aliphatic rings. The van der Waals surface area contributed by atoms with Crippen LogP contribution < -0.4 is 10.0 Å². The molecule has 0 aliphatic carbocycles. The fraction of sp³-hybridized carbons (Fsp3) is 0.105. The lowest BCUT2D eigenvalue weighted by Gasteiger charge is -2.15. The van der Waals surface area contributed by atoms with Crippen LogP contribution >= 0.6 is 0 Å². The average molecular weight is 399 g/mol. The maximum absolute atomic E-state index is 12.6. The maximum Gasteiger partial charge on any atom is 0.271 e. The Morgan fingerprint density at radius 3 is 2.43 bits per heavy atom. The molecule has 2 N–H and O–H groups in total. The lowest BCUT2D eigenvalue weighted by atomic mass is 10.1. The molecule has 0 radical (unpaired) electrons. The van der Waals surface area contributed by atoms with Crippen LogP contribution in [0.25, 0.3) is 10.8 Å². The van der Waals surface area contributed by atoms with Crippen molar-refractivity contribution in [1.29, 1.82) is 0 Å². The summed E-state index contributed by atoms with van der Waals surface area (Å²) in [6, 6.07) is 16.3. The molecule has 0 heterocycles. The van der Waals surface area contributed by atoms with E-state index < -0.39 is 26.9 Å². The first-order valence-electron chi connectivity index (χ1n) is 8.33. The molecule has 0 saturated carbocycles. The van der Waals surface area contributed by atoms with E-state index in [1.54, 1.807) is 18.2 Å². The van der Waals surface area contributed by atoms with Gasteiger partial charge in [0.25, 0.3) is 5.69 Å². The van der Waals surface area contributed by atoms with E-state index in [1.165, 1.54) is 43.3 Å². The highest BCUT2D eigenvalue weighted by Crippen LogP contribution is 2.20. The zero-order chi connectivity index (χ0) is 20.3. The molecule has 0 fully saturated rings. The van der Waals surface area contributed by atoms with Crippen molar-refractivity contribution in [2.75, 3.05) is 5.32 Å². The standard InChI is InChI=1S/C19H17N3O5S/c1-13(19(23)20-16-7-4-8-17(12-16)22(24)25)21-28(26,27)18-10-9-14-5-2-3-6-15(14)11-18/h2-13,21H,1H3,(H,20,23)/t13-/m1/s1. The van der Waals surface area contributed by atoms with E-state index in [9.17, 15) is 23.3 Å². The van der Waals surface area contributed by atoms with Crippen molar-refractivity contribution in [2.45, 2.75) is 17.9 Å². The van der Waals surface area contributed by atoms with Crippen LogP contribution in [0.15, 0.2) is 71.6 Å². The van der Waals surface area contributed by atoms with Gasteiger partial charge in [0.15, 0.2) is 0 Å². The number of hydrogen-bond donors (Lipinski definition) is 2. The third-order valence-electron chi connectivity index (χ3n) is 4.08. The molecular formula is C19H17N3O5S. The van der Waals surface area contributed by atoms with Crippen molar-refractivity contribution >= 4 is 38.1 Å². The fourth-order valence-corrected chi connectivity index (χ4v) is 3.87. The van der Waals surface area contributed by atoms with Gasteiger partial charge in [0.05, 0.1) is 15.9 Å². The zero-order valence-electron chi connectivity index (χ0n) is 14.8. The molecule has 28 heavy (non-hydrogen) atoms. The number of carbonyl (C=O) groups excluding carboxylic acids is 1. The number of nitrogens with zero attached hydrogens (tertiary/aromatic N) is 1. The predicted molar refractivity (Wildman–Crippen MR) is 105 cm³/mol. The largest absolute Gasteiger partial charge is 0.324 e. The molecule has 1 amide bonds. The summed E-state index contributed by atoms with van der Waals surface area (Å²) in [5, 5.41) is 14.9. The maximum atomic E-state index is 12.6. The second-order valence-corrected chi connectivity index (χ2v) is 7.86. The Morgan fingerprint density at radius 1 is 1.00 bits per heavy atom. The van der Waals surface area contributed by atoms with Crippen LogP contribution in [0.2, 0.25) is 0 Å².